The van der Waals surface area contributed by atoms with Gasteiger partial charge in [0.25, 0.3) is 0 Å². The third-order valence-electron chi connectivity index (χ3n) is 3.85. The Balaban J connectivity index is 1.94. The molecule has 3 rings (SSSR count). The Morgan fingerprint density at radius 3 is 2.48 bits per heavy atom. The van der Waals surface area contributed by atoms with E-state index >= 15 is 0 Å². The van der Waals surface area contributed by atoms with Crippen LogP contribution < -0.4 is 5.73 Å². The Hall–Kier alpha value is -1.71. The quantitative estimate of drug-likeness (QED) is 0.753. The second-order valence-electron chi connectivity index (χ2n) is 5.52. The Morgan fingerprint density at radius 1 is 1.05 bits per heavy atom. The molecule has 0 aliphatic carbocycles. The van der Waals surface area contributed by atoms with Crippen LogP contribution >= 0.6 is 11.3 Å². The van der Waals surface area contributed by atoms with Gasteiger partial charge >= 0.3 is 0 Å². The highest BCUT2D eigenvalue weighted by atomic mass is 32.1. The Kier molecular flexibility index (Phi) is 4.04. The van der Waals surface area contributed by atoms with E-state index < -0.39 is 0 Å². The predicted molar refractivity (Wildman–Crippen MR) is 90.5 cm³/mol. The molecule has 21 heavy (non-hydrogen) atoms. The standard InChI is InChI=1S/C18H20N2S/c1-2-12-18(19,14-8-4-3-5-9-14)13-17-20-15-10-6-7-11-16(15)21-17/h3-11H,2,12-13,19H2,1H3. The number of nitrogens with zero attached hydrogens (tertiary/aromatic N) is 1. The van der Waals surface area contributed by atoms with E-state index in [1.165, 1.54) is 10.3 Å². The summed E-state index contributed by atoms with van der Waals surface area (Å²) in [6, 6.07) is 18.7. The van der Waals surface area contributed by atoms with Gasteiger partial charge in [0, 0.05) is 12.0 Å². The maximum atomic E-state index is 6.75. The summed E-state index contributed by atoms with van der Waals surface area (Å²) in [7, 11) is 0. The van der Waals surface area contributed by atoms with Crippen LogP contribution in [-0.2, 0) is 12.0 Å². The van der Waals surface area contributed by atoms with E-state index in [9.17, 15) is 0 Å². The molecule has 2 N–H and O–H groups in total. The fourth-order valence-electron chi connectivity index (χ4n) is 2.82. The SMILES string of the molecule is CCCC(N)(Cc1nc2ccccc2s1)c1ccccc1. The van der Waals surface area contributed by atoms with Crippen LogP contribution in [0.25, 0.3) is 10.2 Å². The highest BCUT2D eigenvalue weighted by molar-refractivity contribution is 7.18. The largest absolute Gasteiger partial charge is 0.321 e. The van der Waals surface area contributed by atoms with Gasteiger partial charge in [-0.3, -0.25) is 0 Å². The maximum absolute atomic E-state index is 6.75. The van der Waals surface area contributed by atoms with Gasteiger partial charge < -0.3 is 5.73 Å². The Bertz CT molecular complexity index is 687. The first-order chi connectivity index (χ1) is 10.2. The molecule has 0 radical (unpaired) electrons. The number of rotatable bonds is 5. The van der Waals surface area contributed by atoms with Crippen LogP contribution in [0.1, 0.15) is 30.3 Å². The molecule has 108 valence electrons. The zero-order valence-electron chi connectivity index (χ0n) is 12.3. The molecule has 0 saturated heterocycles. The summed E-state index contributed by atoms with van der Waals surface area (Å²) < 4.78 is 1.24. The van der Waals surface area contributed by atoms with Crippen molar-refractivity contribution < 1.29 is 0 Å². The molecule has 3 aromatic rings. The van der Waals surface area contributed by atoms with Gasteiger partial charge in [-0.2, -0.15) is 0 Å². The van der Waals surface area contributed by atoms with Crippen LogP contribution in [-0.4, -0.2) is 4.98 Å². The second kappa shape index (κ2) is 5.96. The molecule has 0 bridgehead atoms. The summed E-state index contributed by atoms with van der Waals surface area (Å²) in [5.74, 6) is 0. The summed E-state index contributed by atoms with van der Waals surface area (Å²) in [4.78, 5) is 4.74. The third kappa shape index (κ3) is 2.99. The van der Waals surface area contributed by atoms with E-state index in [-0.39, 0.29) is 5.54 Å². The molecule has 0 spiro atoms. The molecule has 1 unspecified atom stereocenters. The minimum absolute atomic E-state index is 0.329. The number of fused-ring (bicyclic) bond motifs is 1. The molecule has 3 heteroatoms. The van der Waals surface area contributed by atoms with Gasteiger partial charge in [0.2, 0.25) is 0 Å². The lowest BCUT2D eigenvalue weighted by atomic mass is 9.84. The van der Waals surface area contributed by atoms with Gasteiger partial charge in [-0.25, -0.2) is 4.98 Å². The average molecular weight is 296 g/mol. The van der Waals surface area contributed by atoms with E-state index in [4.69, 9.17) is 10.7 Å². The van der Waals surface area contributed by atoms with Crippen molar-refractivity contribution in [3.63, 3.8) is 0 Å². The summed E-state index contributed by atoms with van der Waals surface area (Å²) in [5, 5.41) is 1.12. The summed E-state index contributed by atoms with van der Waals surface area (Å²) in [5.41, 5.74) is 8.69. The summed E-state index contributed by atoms with van der Waals surface area (Å²) in [6.07, 6.45) is 2.83. The van der Waals surface area contributed by atoms with Crippen molar-refractivity contribution in [3.05, 3.63) is 65.2 Å². The fraction of sp³-hybridized carbons (Fsp3) is 0.278. The molecule has 0 aliphatic heterocycles. The number of para-hydroxylation sites is 1. The van der Waals surface area contributed by atoms with E-state index in [0.29, 0.717) is 0 Å². The van der Waals surface area contributed by atoms with Crippen LogP contribution in [0.15, 0.2) is 54.6 Å². The second-order valence-corrected chi connectivity index (χ2v) is 6.64. The van der Waals surface area contributed by atoms with E-state index in [1.54, 1.807) is 11.3 Å². The van der Waals surface area contributed by atoms with Crippen molar-refractivity contribution in [1.82, 2.24) is 4.98 Å². The van der Waals surface area contributed by atoms with Crippen molar-refractivity contribution in [2.45, 2.75) is 31.7 Å². The number of benzene rings is 2. The zero-order valence-corrected chi connectivity index (χ0v) is 13.1. The molecule has 0 saturated carbocycles. The van der Waals surface area contributed by atoms with E-state index in [1.807, 2.05) is 12.1 Å². The molecular weight excluding hydrogens is 276 g/mol. The lowest BCUT2D eigenvalue weighted by molar-refractivity contribution is 0.400. The van der Waals surface area contributed by atoms with Gasteiger partial charge in [-0.1, -0.05) is 55.8 Å². The number of hydrogen-bond donors (Lipinski definition) is 1. The van der Waals surface area contributed by atoms with Crippen LogP contribution in [0.2, 0.25) is 0 Å². The highest BCUT2D eigenvalue weighted by Gasteiger charge is 2.28. The van der Waals surface area contributed by atoms with Gasteiger partial charge in [0.15, 0.2) is 0 Å². The van der Waals surface area contributed by atoms with Crippen molar-refractivity contribution in [3.8, 4) is 0 Å². The molecule has 2 aromatic carbocycles. The fourth-order valence-corrected chi connectivity index (χ4v) is 3.91. The maximum Gasteiger partial charge on any atom is 0.0960 e. The van der Waals surface area contributed by atoms with Gasteiger partial charge in [-0.15, -0.1) is 11.3 Å². The van der Waals surface area contributed by atoms with Gasteiger partial charge in [-0.05, 0) is 24.1 Å². The van der Waals surface area contributed by atoms with Gasteiger partial charge in [0.1, 0.15) is 0 Å². The lowest BCUT2D eigenvalue weighted by Gasteiger charge is -2.29. The van der Waals surface area contributed by atoms with E-state index in [0.717, 1.165) is 29.8 Å². The number of hydrogen-bond acceptors (Lipinski definition) is 3. The van der Waals surface area contributed by atoms with Crippen molar-refractivity contribution in [1.29, 1.82) is 0 Å². The van der Waals surface area contributed by atoms with Crippen molar-refractivity contribution in [2.75, 3.05) is 0 Å². The molecule has 1 aromatic heterocycles. The molecule has 0 amide bonds. The molecule has 1 atom stereocenters. The lowest BCUT2D eigenvalue weighted by Crippen LogP contribution is -2.38. The highest BCUT2D eigenvalue weighted by Crippen LogP contribution is 2.31. The normalized spacial score (nSPS) is 14.2. The molecule has 0 fully saturated rings. The minimum atomic E-state index is -0.329. The van der Waals surface area contributed by atoms with Crippen molar-refractivity contribution in [2.24, 2.45) is 5.73 Å². The molecule has 1 heterocycles. The smallest absolute Gasteiger partial charge is 0.0960 e. The first kappa shape index (κ1) is 14.2. The van der Waals surface area contributed by atoms with Crippen molar-refractivity contribution >= 4 is 21.6 Å². The summed E-state index contributed by atoms with van der Waals surface area (Å²) >= 11 is 1.75. The van der Waals surface area contributed by atoms with Gasteiger partial charge in [0.05, 0.1) is 15.2 Å². The number of thiazole rings is 1. The molecule has 0 aliphatic rings. The Morgan fingerprint density at radius 2 is 1.76 bits per heavy atom. The minimum Gasteiger partial charge on any atom is -0.321 e. The van der Waals surface area contributed by atoms with E-state index in [2.05, 4.69) is 49.4 Å². The third-order valence-corrected chi connectivity index (χ3v) is 4.89. The first-order valence-electron chi connectivity index (χ1n) is 7.40. The molecular formula is C18H20N2S. The Labute approximate surface area is 129 Å². The molecule has 2 nitrogen and oxygen atoms in total. The van der Waals surface area contributed by atoms with Crippen LogP contribution in [0.4, 0.5) is 0 Å². The zero-order chi connectivity index (χ0) is 14.7. The summed E-state index contributed by atoms with van der Waals surface area (Å²) in [6.45, 7) is 2.18. The number of aromatic nitrogens is 1. The van der Waals surface area contributed by atoms with Crippen LogP contribution in [0.3, 0.4) is 0 Å². The predicted octanol–water partition coefficient (Wildman–Crippen LogP) is 4.49. The average Bonchev–Trinajstić information content (AvgIpc) is 2.90. The number of nitrogens with two attached hydrogens (primary N) is 1. The monoisotopic (exact) mass is 296 g/mol. The van der Waals surface area contributed by atoms with Crippen LogP contribution in [0, 0.1) is 0 Å². The van der Waals surface area contributed by atoms with Crippen LogP contribution in [0.5, 0.6) is 0 Å². The first-order valence-corrected chi connectivity index (χ1v) is 8.22. The topological polar surface area (TPSA) is 38.9 Å².